The zero-order chi connectivity index (χ0) is 11.4. The number of aromatic amines is 1. The number of carbonyl (C=O) groups excluding carboxylic acids is 1. The van der Waals surface area contributed by atoms with Gasteiger partial charge in [-0.25, -0.2) is 13.6 Å². The van der Waals surface area contributed by atoms with Crippen molar-refractivity contribution in [2.24, 2.45) is 0 Å². The third-order valence-electron chi connectivity index (χ3n) is 1.69. The van der Waals surface area contributed by atoms with Crippen LogP contribution in [0.3, 0.4) is 0 Å². The molecule has 0 saturated heterocycles. The smallest absolute Gasteiger partial charge is 0.355 e. The summed E-state index contributed by atoms with van der Waals surface area (Å²) >= 11 is 0. The number of halogens is 2. The predicted octanol–water partition coefficient (Wildman–Crippen LogP) is 1.49. The minimum absolute atomic E-state index is 0.0540. The highest BCUT2D eigenvalue weighted by atomic mass is 19.3. The van der Waals surface area contributed by atoms with Crippen LogP contribution in [-0.4, -0.2) is 17.6 Å². The van der Waals surface area contributed by atoms with Crippen LogP contribution in [0.2, 0.25) is 0 Å². The third kappa shape index (κ3) is 2.39. The third-order valence-corrected chi connectivity index (χ3v) is 1.69. The minimum atomic E-state index is -3.01. The molecule has 0 radical (unpaired) electrons. The molecule has 0 aliphatic rings. The molecule has 0 aliphatic carbocycles. The summed E-state index contributed by atoms with van der Waals surface area (Å²) in [6.07, 6.45) is -1.88. The number of hydrogen-bond donors (Lipinski definition) is 1. The number of alkyl halides is 2. The summed E-state index contributed by atoms with van der Waals surface area (Å²) in [7, 11) is 0. The average Bonchev–Trinajstić information content (AvgIpc) is 2.17. The van der Waals surface area contributed by atoms with Crippen LogP contribution in [0.25, 0.3) is 0 Å². The van der Waals surface area contributed by atoms with E-state index < -0.39 is 29.1 Å². The lowest BCUT2D eigenvalue weighted by atomic mass is 10.2. The first-order valence-electron chi connectivity index (χ1n) is 4.24. The average molecular weight is 217 g/mol. The number of esters is 1. The monoisotopic (exact) mass is 217 g/mol. The molecule has 6 heteroatoms. The van der Waals surface area contributed by atoms with Gasteiger partial charge in [-0.1, -0.05) is 0 Å². The molecule has 1 aromatic rings. The molecule has 0 fully saturated rings. The van der Waals surface area contributed by atoms with Gasteiger partial charge in [-0.3, -0.25) is 4.79 Å². The molecule has 0 bridgehead atoms. The Morgan fingerprint density at radius 3 is 2.80 bits per heavy atom. The Labute approximate surface area is 83.9 Å². The molecular formula is C9H9F2NO3. The summed E-state index contributed by atoms with van der Waals surface area (Å²) in [5, 5.41) is 0. The number of pyridine rings is 1. The van der Waals surface area contributed by atoms with Crippen LogP contribution in [0, 0.1) is 0 Å². The van der Waals surface area contributed by atoms with Gasteiger partial charge in [0.1, 0.15) is 5.69 Å². The zero-order valence-corrected chi connectivity index (χ0v) is 7.92. The molecule has 1 aromatic heterocycles. The number of ether oxygens (including phenoxy) is 1. The first-order valence-corrected chi connectivity index (χ1v) is 4.24. The lowest BCUT2D eigenvalue weighted by Gasteiger charge is -2.06. The molecule has 1 N–H and O–H groups in total. The molecule has 0 atom stereocenters. The van der Waals surface area contributed by atoms with Gasteiger partial charge < -0.3 is 9.72 Å². The normalized spacial score (nSPS) is 10.4. The van der Waals surface area contributed by atoms with Gasteiger partial charge in [0, 0.05) is 12.3 Å². The van der Waals surface area contributed by atoms with E-state index in [2.05, 4.69) is 9.72 Å². The minimum Gasteiger partial charge on any atom is -0.461 e. The van der Waals surface area contributed by atoms with Crippen molar-refractivity contribution in [3.63, 3.8) is 0 Å². The molecule has 15 heavy (non-hydrogen) atoms. The van der Waals surface area contributed by atoms with E-state index >= 15 is 0 Å². The molecular weight excluding hydrogens is 208 g/mol. The fourth-order valence-corrected chi connectivity index (χ4v) is 1.08. The maximum atomic E-state index is 12.5. The highest BCUT2D eigenvalue weighted by Crippen LogP contribution is 2.18. The molecule has 0 unspecified atom stereocenters. The quantitative estimate of drug-likeness (QED) is 0.780. The summed E-state index contributed by atoms with van der Waals surface area (Å²) in [5.41, 5.74) is -2.22. The summed E-state index contributed by atoms with van der Waals surface area (Å²) in [4.78, 5) is 24.6. The molecule has 0 aromatic carbocycles. The van der Waals surface area contributed by atoms with Crippen molar-refractivity contribution >= 4 is 5.97 Å². The summed E-state index contributed by atoms with van der Waals surface area (Å²) in [5.74, 6) is -0.953. The van der Waals surface area contributed by atoms with Crippen LogP contribution in [0.15, 0.2) is 17.1 Å². The molecule has 0 amide bonds. The molecule has 0 spiro atoms. The number of hydrogen-bond acceptors (Lipinski definition) is 3. The van der Waals surface area contributed by atoms with Gasteiger partial charge in [0.25, 0.3) is 6.43 Å². The Hall–Kier alpha value is -1.72. The van der Waals surface area contributed by atoms with Gasteiger partial charge in [0.05, 0.1) is 12.2 Å². The Morgan fingerprint density at radius 2 is 2.27 bits per heavy atom. The number of carbonyl (C=O) groups is 1. The van der Waals surface area contributed by atoms with Crippen LogP contribution < -0.4 is 5.43 Å². The van der Waals surface area contributed by atoms with Crippen molar-refractivity contribution in [1.82, 2.24) is 4.98 Å². The molecule has 4 nitrogen and oxygen atoms in total. The van der Waals surface area contributed by atoms with Gasteiger partial charge in [-0.15, -0.1) is 0 Å². The van der Waals surface area contributed by atoms with E-state index in [9.17, 15) is 18.4 Å². The fourth-order valence-electron chi connectivity index (χ4n) is 1.08. The largest absolute Gasteiger partial charge is 0.461 e. The number of H-pyrrole nitrogens is 1. The van der Waals surface area contributed by atoms with E-state index in [-0.39, 0.29) is 6.61 Å². The lowest BCUT2D eigenvalue weighted by molar-refractivity contribution is 0.0507. The van der Waals surface area contributed by atoms with Gasteiger partial charge in [0.2, 0.25) is 0 Å². The molecule has 1 rings (SSSR count). The second-order valence-corrected chi connectivity index (χ2v) is 2.65. The second-order valence-electron chi connectivity index (χ2n) is 2.65. The molecule has 1 heterocycles. The fraction of sp³-hybridized carbons (Fsp3) is 0.333. The van der Waals surface area contributed by atoms with Gasteiger partial charge in [0.15, 0.2) is 5.43 Å². The molecule has 82 valence electrons. The van der Waals surface area contributed by atoms with Crippen LogP contribution in [0.4, 0.5) is 8.78 Å². The predicted molar refractivity (Wildman–Crippen MR) is 48.0 cm³/mol. The number of rotatable bonds is 3. The number of aromatic nitrogens is 1. The van der Waals surface area contributed by atoms with Crippen molar-refractivity contribution in [2.75, 3.05) is 6.61 Å². The van der Waals surface area contributed by atoms with Crippen LogP contribution in [-0.2, 0) is 4.74 Å². The standard InChI is InChI=1S/C9H9F2NO3/c1-2-15-9(14)7-6(8(10)11)5(13)3-4-12-7/h3-4,8H,2H2,1H3,(H,12,13). The van der Waals surface area contributed by atoms with Crippen molar-refractivity contribution in [2.45, 2.75) is 13.3 Å². The van der Waals surface area contributed by atoms with E-state index in [1.165, 1.54) is 0 Å². The first kappa shape index (κ1) is 11.4. The van der Waals surface area contributed by atoms with Crippen molar-refractivity contribution in [3.05, 3.63) is 33.7 Å². The van der Waals surface area contributed by atoms with E-state index in [1.54, 1.807) is 6.92 Å². The Kier molecular flexibility index (Phi) is 3.54. The summed E-state index contributed by atoms with van der Waals surface area (Å²) < 4.78 is 29.5. The van der Waals surface area contributed by atoms with E-state index in [0.717, 1.165) is 12.3 Å². The van der Waals surface area contributed by atoms with Crippen molar-refractivity contribution in [1.29, 1.82) is 0 Å². The Morgan fingerprint density at radius 1 is 1.60 bits per heavy atom. The zero-order valence-electron chi connectivity index (χ0n) is 7.92. The summed E-state index contributed by atoms with van der Waals surface area (Å²) in [6, 6.07) is 0.935. The van der Waals surface area contributed by atoms with E-state index in [0.29, 0.717) is 0 Å². The van der Waals surface area contributed by atoms with Crippen LogP contribution >= 0.6 is 0 Å². The van der Waals surface area contributed by atoms with Gasteiger partial charge >= 0.3 is 5.97 Å². The second kappa shape index (κ2) is 4.68. The van der Waals surface area contributed by atoms with Crippen LogP contribution in [0.1, 0.15) is 29.4 Å². The Balaban J connectivity index is 3.23. The van der Waals surface area contributed by atoms with E-state index in [4.69, 9.17) is 0 Å². The van der Waals surface area contributed by atoms with E-state index in [1.807, 2.05) is 0 Å². The summed E-state index contributed by atoms with van der Waals surface area (Å²) in [6.45, 7) is 1.60. The lowest BCUT2D eigenvalue weighted by Crippen LogP contribution is -2.18. The topological polar surface area (TPSA) is 59.2 Å². The Bertz CT molecular complexity index is 414. The first-order chi connectivity index (χ1) is 7.07. The van der Waals surface area contributed by atoms with Gasteiger partial charge in [-0.2, -0.15) is 0 Å². The van der Waals surface area contributed by atoms with Gasteiger partial charge in [-0.05, 0) is 6.92 Å². The highest BCUT2D eigenvalue weighted by Gasteiger charge is 2.22. The van der Waals surface area contributed by atoms with Crippen molar-refractivity contribution in [3.8, 4) is 0 Å². The molecule has 0 saturated carbocycles. The highest BCUT2D eigenvalue weighted by molar-refractivity contribution is 5.88. The SMILES string of the molecule is CCOC(=O)c1[nH]ccc(=O)c1C(F)F. The number of nitrogens with one attached hydrogen (secondary N) is 1. The molecule has 0 aliphatic heterocycles. The van der Waals surface area contributed by atoms with Crippen molar-refractivity contribution < 1.29 is 18.3 Å². The maximum Gasteiger partial charge on any atom is 0.355 e. The van der Waals surface area contributed by atoms with Crippen LogP contribution in [0.5, 0.6) is 0 Å². The maximum absolute atomic E-state index is 12.5.